The van der Waals surface area contributed by atoms with Gasteiger partial charge in [-0.25, -0.2) is 9.59 Å². The van der Waals surface area contributed by atoms with Crippen molar-refractivity contribution in [3.05, 3.63) is 20.8 Å². The van der Waals surface area contributed by atoms with Gasteiger partial charge in [0, 0.05) is 13.1 Å². The predicted molar refractivity (Wildman–Crippen MR) is 74.7 cm³/mol. The van der Waals surface area contributed by atoms with Crippen LogP contribution in [0, 0.1) is 0 Å². The number of aromatic nitrogens is 2. The summed E-state index contributed by atoms with van der Waals surface area (Å²) in [5, 5.41) is 2.72. The van der Waals surface area contributed by atoms with Gasteiger partial charge in [-0.15, -0.1) is 0 Å². The van der Waals surface area contributed by atoms with Crippen LogP contribution in [0.15, 0.2) is 9.59 Å². The van der Waals surface area contributed by atoms with Crippen molar-refractivity contribution in [1.82, 2.24) is 9.55 Å². The van der Waals surface area contributed by atoms with E-state index in [1.807, 2.05) is 6.92 Å². The van der Waals surface area contributed by atoms with Gasteiger partial charge in [0.15, 0.2) is 0 Å². The zero-order valence-electron chi connectivity index (χ0n) is 11.3. The number of ether oxygens (including phenoxy) is 1. The van der Waals surface area contributed by atoms with Crippen LogP contribution < -0.4 is 28.0 Å². The van der Waals surface area contributed by atoms with Crippen molar-refractivity contribution < 1.29 is 9.53 Å². The van der Waals surface area contributed by atoms with Gasteiger partial charge in [-0.1, -0.05) is 13.3 Å². The van der Waals surface area contributed by atoms with Crippen LogP contribution in [0.25, 0.3) is 0 Å². The molecule has 0 unspecified atom stereocenters. The van der Waals surface area contributed by atoms with E-state index in [2.05, 4.69) is 15.0 Å². The number of amides is 1. The largest absolute Gasteiger partial charge is 0.448 e. The number of unbranched alkanes of at least 4 members (excludes halogenated alkanes) is 1. The number of nitrogens with one attached hydrogen (secondary N) is 2. The quantitative estimate of drug-likeness (QED) is 0.493. The molecule has 0 aliphatic carbocycles. The van der Waals surface area contributed by atoms with E-state index in [-0.39, 0.29) is 24.7 Å². The Morgan fingerprint density at radius 3 is 2.75 bits per heavy atom. The average molecular weight is 285 g/mol. The fourth-order valence-corrected chi connectivity index (χ4v) is 1.62. The third-order valence-corrected chi connectivity index (χ3v) is 2.62. The van der Waals surface area contributed by atoms with Gasteiger partial charge in [-0.3, -0.25) is 14.3 Å². The number of nitrogen functional groups attached to an aromatic ring is 1. The number of aromatic amines is 1. The zero-order chi connectivity index (χ0) is 15.1. The maximum Gasteiger partial charge on any atom is 0.404 e. The van der Waals surface area contributed by atoms with E-state index in [1.165, 1.54) is 4.57 Å². The number of anilines is 2. The Kier molecular flexibility index (Phi) is 5.63. The molecule has 0 aliphatic rings. The van der Waals surface area contributed by atoms with Gasteiger partial charge >= 0.3 is 11.8 Å². The number of nitrogens with two attached hydrogens (primary N) is 2. The normalized spacial score (nSPS) is 10.2. The SMILES string of the molecule is CCCCn1c(N)c(NCCOC(N)=O)c(=O)[nH]c1=O. The first-order valence-electron chi connectivity index (χ1n) is 6.26. The van der Waals surface area contributed by atoms with Crippen LogP contribution in [-0.2, 0) is 11.3 Å². The highest BCUT2D eigenvalue weighted by atomic mass is 16.5. The number of hydrogen-bond acceptors (Lipinski definition) is 6. The van der Waals surface area contributed by atoms with Gasteiger partial charge in [0.2, 0.25) is 0 Å². The van der Waals surface area contributed by atoms with E-state index < -0.39 is 17.3 Å². The summed E-state index contributed by atoms with van der Waals surface area (Å²) >= 11 is 0. The topological polar surface area (TPSA) is 145 Å². The Labute approximate surface area is 114 Å². The molecule has 9 nitrogen and oxygen atoms in total. The lowest BCUT2D eigenvalue weighted by Crippen LogP contribution is -2.34. The monoisotopic (exact) mass is 285 g/mol. The minimum absolute atomic E-state index is 0.0116. The van der Waals surface area contributed by atoms with E-state index in [4.69, 9.17) is 11.5 Å². The molecule has 0 aromatic carbocycles. The summed E-state index contributed by atoms with van der Waals surface area (Å²) in [6.07, 6.45) is 0.752. The summed E-state index contributed by atoms with van der Waals surface area (Å²) < 4.78 is 5.81. The molecule has 1 rings (SSSR count). The molecule has 1 aromatic heterocycles. The van der Waals surface area contributed by atoms with Crippen LogP contribution in [-0.4, -0.2) is 28.8 Å². The molecule has 0 bridgehead atoms. The van der Waals surface area contributed by atoms with E-state index in [1.54, 1.807) is 0 Å². The maximum absolute atomic E-state index is 11.7. The maximum atomic E-state index is 11.7. The predicted octanol–water partition coefficient (Wildman–Crippen LogP) is -0.574. The van der Waals surface area contributed by atoms with E-state index in [0.717, 1.165) is 12.8 Å². The van der Waals surface area contributed by atoms with Crippen molar-refractivity contribution >= 4 is 17.6 Å². The Morgan fingerprint density at radius 2 is 2.15 bits per heavy atom. The zero-order valence-corrected chi connectivity index (χ0v) is 11.3. The number of nitrogens with zero attached hydrogens (tertiary/aromatic N) is 1. The molecule has 0 atom stereocenters. The molecule has 9 heteroatoms. The Balaban J connectivity index is 2.87. The molecule has 112 valence electrons. The number of carbonyl (C=O) groups excluding carboxylic acids is 1. The van der Waals surface area contributed by atoms with Crippen LogP contribution in [0.5, 0.6) is 0 Å². The molecule has 6 N–H and O–H groups in total. The first-order valence-corrected chi connectivity index (χ1v) is 6.26. The lowest BCUT2D eigenvalue weighted by Gasteiger charge is -2.13. The fraction of sp³-hybridized carbons (Fsp3) is 0.545. The van der Waals surface area contributed by atoms with Gasteiger partial charge < -0.3 is 21.5 Å². The van der Waals surface area contributed by atoms with Gasteiger partial charge in [0.1, 0.15) is 18.1 Å². The molecular weight excluding hydrogens is 266 g/mol. The number of H-pyrrole nitrogens is 1. The molecule has 0 spiro atoms. The molecule has 0 radical (unpaired) electrons. The highest BCUT2D eigenvalue weighted by Gasteiger charge is 2.11. The molecule has 20 heavy (non-hydrogen) atoms. The Hall–Kier alpha value is -2.45. The van der Waals surface area contributed by atoms with Crippen LogP contribution in [0.4, 0.5) is 16.3 Å². The Bertz CT molecular complexity index is 577. The van der Waals surface area contributed by atoms with Crippen LogP contribution >= 0.6 is 0 Å². The summed E-state index contributed by atoms with van der Waals surface area (Å²) in [5.74, 6) is 0.0614. The summed E-state index contributed by atoms with van der Waals surface area (Å²) in [5.41, 5.74) is 9.54. The molecule has 1 aromatic rings. The number of carbonyl (C=O) groups is 1. The molecule has 0 saturated carbocycles. The third-order valence-electron chi connectivity index (χ3n) is 2.62. The van der Waals surface area contributed by atoms with Crippen molar-refractivity contribution in [2.24, 2.45) is 5.73 Å². The van der Waals surface area contributed by atoms with Gasteiger partial charge in [-0.05, 0) is 6.42 Å². The minimum atomic E-state index is -0.901. The molecule has 1 amide bonds. The van der Waals surface area contributed by atoms with Crippen molar-refractivity contribution in [3.8, 4) is 0 Å². The highest BCUT2D eigenvalue weighted by molar-refractivity contribution is 5.64. The first kappa shape index (κ1) is 15.6. The molecule has 0 saturated heterocycles. The van der Waals surface area contributed by atoms with E-state index >= 15 is 0 Å². The first-order chi connectivity index (χ1) is 9.47. The summed E-state index contributed by atoms with van der Waals surface area (Å²) in [7, 11) is 0. The van der Waals surface area contributed by atoms with E-state index in [9.17, 15) is 14.4 Å². The van der Waals surface area contributed by atoms with Crippen molar-refractivity contribution in [1.29, 1.82) is 0 Å². The van der Waals surface area contributed by atoms with Crippen molar-refractivity contribution in [2.45, 2.75) is 26.3 Å². The van der Waals surface area contributed by atoms with Crippen LogP contribution in [0.1, 0.15) is 19.8 Å². The van der Waals surface area contributed by atoms with Crippen LogP contribution in [0.2, 0.25) is 0 Å². The van der Waals surface area contributed by atoms with Gasteiger partial charge in [-0.2, -0.15) is 0 Å². The molecule has 0 fully saturated rings. The molecule has 1 heterocycles. The third kappa shape index (κ3) is 4.04. The second-order valence-electron chi connectivity index (χ2n) is 4.12. The minimum Gasteiger partial charge on any atom is -0.448 e. The summed E-state index contributed by atoms with van der Waals surface area (Å²) in [4.78, 5) is 35.9. The molecule has 0 aliphatic heterocycles. The van der Waals surface area contributed by atoms with Crippen molar-refractivity contribution in [3.63, 3.8) is 0 Å². The van der Waals surface area contributed by atoms with Crippen LogP contribution in [0.3, 0.4) is 0 Å². The van der Waals surface area contributed by atoms with Gasteiger partial charge in [0.25, 0.3) is 5.56 Å². The summed E-state index contributed by atoms with van der Waals surface area (Å²) in [6, 6.07) is 0. The number of hydrogen-bond donors (Lipinski definition) is 4. The van der Waals surface area contributed by atoms with E-state index in [0.29, 0.717) is 6.54 Å². The highest BCUT2D eigenvalue weighted by Crippen LogP contribution is 2.10. The lowest BCUT2D eigenvalue weighted by atomic mass is 10.3. The van der Waals surface area contributed by atoms with Crippen molar-refractivity contribution in [2.75, 3.05) is 24.2 Å². The fourth-order valence-electron chi connectivity index (χ4n) is 1.62. The second kappa shape index (κ2) is 7.22. The lowest BCUT2D eigenvalue weighted by molar-refractivity contribution is 0.161. The average Bonchev–Trinajstić information content (AvgIpc) is 2.37. The smallest absolute Gasteiger partial charge is 0.404 e. The summed E-state index contributed by atoms with van der Waals surface area (Å²) in [6.45, 7) is 2.54. The Morgan fingerprint density at radius 1 is 1.45 bits per heavy atom. The number of rotatable bonds is 7. The number of primary amides is 1. The van der Waals surface area contributed by atoms with Gasteiger partial charge in [0.05, 0.1) is 0 Å². The molecular formula is C11H19N5O4. The second-order valence-corrected chi connectivity index (χ2v) is 4.12. The standard InChI is InChI=1S/C11H19N5O4/c1-2-3-5-16-8(12)7(9(17)15-11(16)19)14-4-6-20-10(13)18/h14H,2-6,12H2,1H3,(H2,13,18)(H,15,17,19).